The summed E-state index contributed by atoms with van der Waals surface area (Å²) in [6.07, 6.45) is 1.17. The van der Waals surface area contributed by atoms with Crippen LogP contribution in [0.15, 0.2) is 47.4 Å². The maximum absolute atomic E-state index is 12.3. The van der Waals surface area contributed by atoms with Gasteiger partial charge in [0.05, 0.1) is 21.6 Å². The Morgan fingerprint density at radius 2 is 1.80 bits per heavy atom. The maximum Gasteiger partial charge on any atom is 0.253 e. The highest BCUT2D eigenvalue weighted by atomic mass is 35.5. The summed E-state index contributed by atoms with van der Waals surface area (Å²) in [7, 11) is -3.41. The molecule has 25 heavy (non-hydrogen) atoms. The predicted octanol–water partition coefficient (Wildman–Crippen LogP) is 3.46. The zero-order chi connectivity index (χ0) is 18.6. The molecule has 0 aliphatic heterocycles. The molecule has 0 heterocycles. The van der Waals surface area contributed by atoms with Crippen LogP contribution >= 0.6 is 11.6 Å². The summed E-state index contributed by atoms with van der Waals surface area (Å²) in [6, 6.07) is 11.4. The van der Waals surface area contributed by atoms with Crippen molar-refractivity contribution in [1.29, 1.82) is 0 Å². The van der Waals surface area contributed by atoms with Gasteiger partial charge in [-0.25, -0.2) is 8.42 Å². The summed E-state index contributed by atoms with van der Waals surface area (Å²) in [5.74, 6) is 0.326. The van der Waals surface area contributed by atoms with Gasteiger partial charge >= 0.3 is 0 Å². The lowest BCUT2D eigenvalue weighted by Crippen LogP contribution is -2.23. The Labute approximate surface area is 152 Å². The topological polar surface area (TPSA) is 72.5 Å². The van der Waals surface area contributed by atoms with Crippen molar-refractivity contribution in [2.75, 3.05) is 6.26 Å². The number of carbonyl (C=O) groups is 1. The largest absolute Gasteiger partial charge is 0.491 e. The van der Waals surface area contributed by atoms with E-state index in [0.717, 1.165) is 17.6 Å². The molecule has 0 bridgehead atoms. The molecule has 0 aliphatic carbocycles. The Morgan fingerprint density at radius 1 is 1.16 bits per heavy atom. The number of rotatable bonds is 6. The molecule has 5 nitrogen and oxygen atoms in total. The predicted molar refractivity (Wildman–Crippen MR) is 97.9 cm³/mol. The summed E-state index contributed by atoms with van der Waals surface area (Å²) >= 11 is 6.02. The van der Waals surface area contributed by atoms with E-state index in [1.807, 2.05) is 38.1 Å². The van der Waals surface area contributed by atoms with Gasteiger partial charge in [0.2, 0.25) is 0 Å². The van der Waals surface area contributed by atoms with Crippen LogP contribution in [0, 0.1) is 0 Å². The van der Waals surface area contributed by atoms with Gasteiger partial charge in [-0.3, -0.25) is 4.79 Å². The summed E-state index contributed by atoms with van der Waals surface area (Å²) in [4.78, 5) is 12.4. The number of sulfone groups is 1. The summed E-state index contributed by atoms with van der Waals surface area (Å²) in [6.45, 7) is 4.19. The highest BCUT2D eigenvalue weighted by Crippen LogP contribution is 2.21. The molecular weight excluding hydrogens is 362 g/mol. The first-order valence-electron chi connectivity index (χ1n) is 7.70. The van der Waals surface area contributed by atoms with Crippen molar-refractivity contribution < 1.29 is 17.9 Å². The van der Waals surface area contributed by atoms with Gasteiger partial charge in [0, 0.05) is 12.8 Å². The zero-order valence-electron chi connectivity index (χ0n) is 14.2. The number of hydrogen-bond acceptors (Lipinski definition) is 4. The van der Waals surface area contributed by atoms with Crippen LogP contribution in [0.1, 0.15) is 29.8 Å². The van der Waals surface area contributed by atoms with Crippen LogP contribution in [0.25, 0.3) is 0 Å². The summed E-state index contributed by atoms with van der Waals surface area (Å²) in [5.41, 5.74) is 1.02. The SMILES string of the molecule is CC(C)Oc1ccc(CNC(=O)c2cc(S(C)(=O)=O)ccc2Cl)cc1. The van der Waals surface area contributed by atoms with Gasteiger partial charge in [-0.2, -0.15) is 0 Å². The molecular formula is C18H20ClNO4S. The Bertz CT molecular complexity index is 861. The van der Waals surface area contributed by atoms with Crippen LogP contribution < -0.4 is 10.1 Å². The molecule has 0 spiro atoms. The second-order valence-corrected chi connectivity index (χ2v) is 8.33. The third-order valence-electron chi connectivity index (χ3n) is 3.36. The smallest absolute Gasteiger partial charge is 0.253 e. The van der Waals surface area contributed by atoms with E-state index in [-0.39, 0.29) is 21.6 Å². The summed E-state index contributed by atoms with van der Waals surface area (Å²) < 4.78 is 28.8. The van der Waals surface area contributed by atoms with E-state index in [1.54, 1.807) is 0 Å². The Balaban J connectivity index is 2.07. The third kappa shape index (κ3) is 5.47. The fourth-order valence-electron chi connectivity index (χ4n) is 2.14. The minimum absolute atomic E-state index is 0.0530. The molecule has 0 aliphatic rings. The van der Waals surface area contributed by atoms with Crippen LogP contribution in [-0.2, 0) is 16.4 Å². The first-order chi connectivity index (χ1) is 11.7. The number of amides is 1. The molecule has 7 heteroatoms. The molecule has 1 N–H and O–H groups in total. The van der Waals surface area contributed by atoms with Crippen LogP contribution in [0.4, 0.5) is 0 Å². The lowest BCUT2D eigenvalue weighted by molar-refractivity contribution is 0.0951. The van der Waals surface area contributed by atoms with Gasteiger partial charge in [-0.1, -0.05) is 23.7 Å². The Hall–Kier alpha value is -2.05. The first-order valence-corrected chi connectivity index (χ1v) is 9.97. The van der Waals surface area contributed by atoms with Gasteiger partial charge in [0.1, 0.15) is 5.75 Å². The number of benzene rings is 2. The molecule has 1 amide bonds. The monoisotopic (exact) mass is 381 g/mol. The van der Waals surface area contributed by atoms with Crippen molar-refractivity contribution in [2.24, 2.45) is 0 Å². The lowest BCUT2D eigenvalue weighted by Gasteiger charge is -2.11. The molecule has 2 aromatic carbocycles. The fourth-order valence-corrected chi connectivity index (χ4v) is 3.00. The van der Waals surface area contributed by atoms with Crippen molar-refractivity contribution in [3.63, 3.8) is 0 Å². The van der Waals surface area contributed by atoms with Crippen LogP contribution in [0.3, 0.4) is 0 Å². The normalized spacial score (nSPS) is 11.4. The second-order valence-electron chi connectivity index (χ2n) is 5.91. The Kier molecular flexibility index (Phi) is 6.08. The fraction of sp³-hybridized carbons (Fsp3) is 0.278. The van der Waals surface area contributed by atoms with Crippen molar-refractivity contribution in [3.8, 4) is 5.75 Å². The number of nitrogens with one attached hydrogen (secondary N) is 1. The zero-order valence-corrected chi connectivity index (χ0v) is 15.8. The quantitative estimate of drug-likeness (QED) is 0.831. The average molecular weight is 382 g/mol. The number of halogens is 1. The van der Waals surface area contributed by atoms with Crippen molar-refractivity contribution in [1.82, 2.24) is 5.32 Å². The molecule has 0 atom stereocenters. The molecule has 0 saturated carbocycles. The summed E-state index contributed by atoms with van der Waals surface area (Å²) in [5, 5.41) is 2.94. The van der Waals surface area contributed by atoms with Crippen LogP contribution in [-0.4, -0.2) is 26.7 Å². The highest BCUT2D eigenvalue weighted by Gasteiger charge is 2.15. The lowest BCUT2D eigenvalue weighted by atomic mass is 10.2. The van der Waals surface area contributed by atoms with Crippen LogP contribution in [0.5, 0.6) is 5.75 Å². The van der Waals surface area contributed by atoms with E-state index in [1.165, 1.54) is 18.2 Å². The average Bonchev–Trinajstić information content (AvgIpc) is 2.52. The van der Waals surface area contributed by atoms with Crippen molar-refractivity contribution in [3.05, 3.63) is 58.6 Å². The Morgan fingerprint density at radius 3 is 2.36 bits per heavy atom. The van der Waals surface area contributed by atoms with Crippen molar-refractivity contribution >= 4 is 27.3 Å². The number of hydrogen-bond donors (Lipinski definition) is 1. The maximum atomic E-state index is 12.3. The van der Waals surface area contributed by atoms with E-state index in [4.69, 9.17) is 16.3 Å². The van der Waals surface area contributed by atoms with Gasteiger partial charge in [-0.05, 0) is 49.7 Å². The van der Waals surface area contributed by atoms with E-state index in [9.17, 15) is 13.2 Å². The molecule has 0 fully saturated rings. The van der Waals surface area contributed by atoms with E-state index in [2.05, 4.69) is 5.32 Å². The highest BCUT2D eigenvalue weighted by molar-refractivity contribution is 7.90. The minimum atomic E-state index is -3.41. The molecule has 2 rings (SSSR count). The molecule has 0 unspecified atom stereocenters. The van der Waals surface area contributed by atoms with E-state index < -0.39 is 15.7 Å². The molecule has 2 aromatic rings. The molecule has 134 valence electrons. The van der Waals surface area contributed by atoms with Crippen molar-refractivity contribution in [2.45, 2.75) is 31.4 Å². The molecule has 0 aromatic heterocycles. The van der Waals surface area contributed by atoms with Gasteiger partial charge in [-0.15, -0.1) is 0 Å². The third-order valence-corrected chi connectivity index (χ3v) is 4.80. The first kappa shape index (κ1) is 19.3. The van der Waals surface area contributed by atoms with E-state index >= 15 is 0 Å². The van der Waals surface area contributed by atoms with Crippen LogP contribution in [0.2, 0.25) is 5.02 Å². The minimum Gasteiger partial charge on any atom is -0.491 e. The molecule has 0 saturated heterocycles. The van der Waals surface area contributed by atoms with Gasteiger partial charge in [0.15, 0.2) is 9.84 Å². The molecule has 0 radical (unpaired) electrons. The number of ether oxygens (including phenoxy) is 1. The number of carbonyl (C=O) groups excluding carboxylic acids is 1. The van der Waals surface area contributed by atoms with Gasteiger partial charge in [0.25, 0.3) is 5.91 Å². The second kappa shape index (κ2) is 7.89. The standard InChI is InChI=1S/C18H20ClNO4S/c1-12(2)24-14-6-4-13(5-7-14)11-20-18(21)16-10-15(25(3,22)23)8-9-17(16)19/h4-10,12H,11H2,1-3H3,(H,20,21). The van der Waals surface area contributed by atoms with Gasteiger partial charge < -0.3 is 10.1 Å². The van der Waals surface area contributed by atoms with E-state index in [0.29, 0.717) is 6.54 Å².